The Bertz CT molecular complexity index is 635. The summed E-state index contributed by atoms with van der Waals surface area (Å²) in [6.45, 7) is 1.48. The van der Waals surface area contributed by atoms with Crippen molar-refractivity contribution in [1.82, 2.24) is 0 Å². The average molecular weight is 271 g/mol. The minimum atomic E-state index is 0.0702. The summed E-state index contributed by atoms with van der Waals surface area (Å²) in [5.74, 6) is 0.457. The fourth-order valence-corrected chi connectivity index (χ4v) is 3.52. The smallest absolute Gasteiger partial charge is 0.0725 e. The molecule has 0 fully saturated rings. The predicted molar refractivity (Wildman–Crippen MR) is 76.4 cm³/mol. The van der Waals surface area contributed by atoms with Crippen LogP contribution in [0.2, 0.25) is 0 Å². The molecule has 0 bridgehead atoms. The van der Waals surface area contributed by atoms with Crippen LogP contribution in [0.5, 0.6) is 0 Å². The van der Waals surface area contributed by atoms with E-state index >= 15 is 0 Å². The van der Waals surface area contributed by atoms with Gasteiger partial charge in [0, 0.05) is 5.92 Å². The van der Waals surface area contributed by atoms with E-state index in [4.69, 9.17) is 16.3 Å². The van der Waals surface area contributed by atoms with Crippen LogP contribution in [0.3, 0.4) is 0 Å². The second-order valence-corrected chi connectivity index (χ2v) is 5.90. The molecular formula is C17H15ClO. The Morgan fingerprint density at radius 3 is 2.74 bits per heavy atom. The number of hydrogen-bond donors (Lipinski definition) is 0. The third-order valence-corrected chi connectivity index (χ3v) is 4.87. The van der Waals surface area contributed by atoms with Gasteiger partial charge in [-0.2, -0.15) is 0 Å². The number of ether oxygens (including phenoxy) is 1. The lowest BCUT2D eigenvalue weighted by Gasteiger charge is -2.34. The highest BCUT2D eigenvalue weighted by Crippen LogP contribution is 2.47. The molecule has 96 valence electrons. The minimum absolute atomic E-state index is 0.0702. The van der Waals surface area contributed by atoms with Crippen LogP contribution in [0.25, 0.3) is 0 Å². The van der Waals surface area contributed by atoms with Crippen LogP contribution in [0.1, 0.15) is 39.1 Å². The first-order chi connectivity index (χ1) is 9.33. The van der Waals surface area contributed by atoms with E-state index in [2.05, 4.69) is 42.5 Å². The Balaban J connectivity index is 1.64. The predicted octanol–water partition coefficient (Wildman–Crippen LogP) is 4.34. The number of halogens is 1. The molecule has 19 heavy (non-hydrogen) atoms. The van der Waals surface area contributed by atoms with E-state index in [1.807, 2.05) is 0 Å². The highest BCUT2D eigenvalue weighted by atomic mass is 35.5. The number of hydrogen-bond acceptors (Lipinski definition) is 1. The normalized spacial score (nSPS) is 21.4. The van der Waals surface area contributed by atoms with Crippen molar-refractivity contribution >= 4 is 11.6 Å². The molecule has 2 aliphatic rings. The summed E-state index contributed by atoms with van der Waals surface area (Å²) in [5, 5.41) is 0.0702. The van der Waals surface area contributed by atoms with Gasteiger partial charge in [0.1, 0.15) is 0 Å². The van der Waals surface area contributed by atoms with Gasteiger partial charge in [-0.3, -0.25) is 0 Å². The molecule has 2 aromatic rings. The monoisotopic (exact) mass is 270 g/mol. The van der Waals surface area contributed by atoms with Crippen molar-refractivity contribution in [2.24, 2.45) is 0 Å². The van der Waals surface area contributed by atoms with Crippen LogP contribution in [0, 0.1) is 0 Å². The van der Waals surface area contributed by atoms with Crippen LogP contribution >= 0.6 is 11.6 Å². The average Bonchev–Trinajstić information content (AvgIpc) is 2.87. The van der Waals surface area contributed by atoms with Gasteiger partial charge < -0.3 is 4.74 Å². The van der Waals surface area contributed by atoms with Crippen molar-refractivity contribution in [3.8, 4) is 0 Å². The second-order valence-electron chi connectivity index (χ2n) is 5.43. The van der Waals surface area contributed by atoms with Crippen molar-refractivity contribution in [1.29, 1.82) is 0 Å². The molecule has 0 spiro atoms. The van der Waals surface area contributed by atoms with E-state index in [0.29, 0.717) is 5.92 Å². The summed E-state index contributed by atoms with van der Waals surface area (Å²) in [4.78, 5) is 0. The topological polar surface area (TPSA) is 9.23 Å². The lowest BCUT2D eigenvalue weighted by atomic mass is 9.74. The third kappa shape index (κ3) is 1.80. The molecule has 0 saturated carbocycles. The fourth-order valence-electron chi connectivity index (χ4n) is 3.15. The van der Waals surface area contributed by atoms with Gasteiger partial charge in [-0.15, -0.1) is 11.6 Å². The SMILES string of the molecule is ClC(c1ccc2c(c1)COC2)C1Cc2ccccc21. The zero-order valence-electron chi connectivity index (χ0n) is 10.6. The quantitative estimate of drug-likeness (QED) is 0.738. The van der Waals surface area contributed by atoms with Crippen molar-refractivity contribution in [2.75, 3.05) is 0 Å². The molecule has 4 rings (SSSR count). The van der Waals surface area contributed by atoms with Crippen molar-refractivity contribution in [3.63, 3.8) is 0 Å². The van der Waals surface area contributed by atoms with E-state index in [1.54, 1.807) is 0 Å². The van der Waals surface area contributed by atoms with Crippen LogP contribution in [-0.4, -0.2) is 0 Å². The van der Waals surface area contributed by atoms with E-state index in [0.717, 1.165) is 19.6 Å². The molecule has 2 unspecified atom stereocenters. The van der Waals surface area contributed by atoms with Crippen LogP contribution < -0.4 is 0 Å². The van der Waals surface area contributed by atoms with Gasteiger partial charge in [0.25, 0.3) is 0 Å². The maximum atomic E-state index is 6.70. The van der Waals surface area contributed by atoms with E-state index in [1.165, 1.54) is 27.8 Å². The van der Waals surface area contributed by atoms with Gasteiger partial charge >= 0.3 is 0 Å². The largest absolute Gasteiger partial charge is 0.372 e. The van der Waals surface area contributed by atoms with Crippen molar-refractivity contribution in [3.05, 3.63) is 70.3 Å². The lowest BCUT2D eigenvalue weighted by Crippen LogP contribution is -2.21. The van der Waals surface area contributed by atoms with E-state index < -0.39 is 0 Å². The van der Waals surface area contributed by atoms with E-state index in [9.17, 15) is 0 Å². The standard InChI is InChI=1S/C17H15ClO/c18-17(16-8-11-3-1-2-4-15(11)16)12-5-6-13-9-19-10-14(13)7-12/h1-7,16-17H,8-10H2. The maximum Gasteiger partial charge on any atom is 0.0725 e. The molecule has 1 aliphatic heterocycles. The Morgan fingerprint density at radius 2 is 1.84 bits per heavy atom. The molecule has 0 amide bonds. The Labute approximate surface area is 118 Å². The van der Waals surface area contributed by atoms with Crippen LogP contribution in [-0.2, 0) is 24.4 Å². The van der Waals surface area contributed by atoms with Gasteiger partial charge in [0.2, 0.25) is 0 Å². The first kappa shape index (κ1) is 11.5. The molecular weight excluding hydrogens is 256 g/mol. The van der Waals surface area contributed by atoms with Gasteiger partial charge in [0.15, 0.2) is 0 Å². The van der Waals surface area contributed by atoms with Gasteiger partial charge in [0.05, 0.1) is 18.6 Å². The Hall–Kier alpha value is -1.31. The molecule has 1 heterocycles. The van der Waals surface area contributed by atoms with Crippen molar-refractivity contribution in [2.45, 2.75) is 30.9 Å². The zero-order chi connectivity index (χ0) is 12.8. The molecule has 2 atom stereocenters. The second kappa shape index (κ2) is 4.36. The first-order valence-electron chi connectivity index (χ1n) is 6.74. The number of benzene rings is 2. The number of alkyl halides is 1. The fraction of sp³-hybridized carbons (Fsp3) is 0.294. The molecule has 0 aromatic heterocycles. The summed E-state index contributed by atoms with van der Waals surface area (Å²) >= 11 is 6.70. The highest BCUT2D eigenvalue weighted by molar-refractivity contribution is 6.21. The maximum absolute atomic E-state index is 6.70. The molecule has 2 aromatic carbocycles. The van der Waals surface area contributed by atoms with Crippen molar-refractivity contribution < 1.29 is 4.74 Å². The zero-order valence-corrected chi connectivity index (χ0v) is 11.4. The molecule has 1 aliphatic carbocycles. The first-order valence-corrected chi connectivity index (χ1v) is 7.18. The van der Waals surface area contributed by atoms with E-state index in [-0.39, 0.29) is 5.38 Å². The van der Waals surface area contributed by atoms with Crippen LogP contribution in [0.4, 0.5) is 0 Å². The summed E-state index contributed by atoms with van der Waals surface area (Å²) in [5.41, 5.74) is 6.70. The lowest BCUT2D eigenvalue weighted by molar-refractivity contribution is 0.134. The molecule has 0 N–H and O–H groups in total. The highest BCUT2D eigenvalue weighted by Gasteiger charge is 2.32. The Kier molecular flexibility index (Phi) is 2.64. The molecule has 0 saturated heterocycles. The third-order valence-electron chi connectivity index (χ3n) is 4.31. The summed E-state index contributed by atoms with van der Waals surface area (Å²) in [6.07, 6.45) is 1.10. The van der Waals surface area contributed by atoms with Gasteiger partial charge in [-0.25, -0.2) is 0 Å². The van der Waals surface area contributed by atoms with Gasteiger partial charge in [-0.1, -0.05) is 42.5 Å². The van der Waals surface area contributed by atoms with Crippen LogP contribution in [0.15, 0.2) is 42.5 Å². The number of fused-ring (bicyclic) bond motifs is 2. The Morgan fingerprint density at radius 1 is 1.00 bits per heavy atom. The molecule has 1 nitrogen and oxygen atoms in total. The molecule has 0 radical (unpaired) electrons. The summed E-state index contributed by atoms with van der Waals surface area (Å²) < 4.78 is 5.46. The molecule has 2 heteroatoms. The minimum Gasteiger partial charge on any atom is -0.372 e. The summed E-state index contributed by atoms with van der Waals surface area (Å²) in [6, 6.07) is 15.2. The number of rotatable bonds is 2. The summed E-state index contributed by atoms with van der Waals surface area (Å²) in [7, 11) is 0. The van der Waals surface area contributed by atoms with Gasteiger partial charge in [-0.05, 0) is 34.2 Å².